The molecule has 8 nitrogen and oxygen atoms in total. The molecule has 1 aliphatic heterocycles. The molecule has 2 aromatic heterocycles. The summed E-state index contributed by atoms with van der Waals surface area (Å²) in [4.78, 5) is 20.4. The van der Waals surface area contributed by atoms with Crippen molar-refractivity contribution in [3.05, 3.63) is 47.5 Å². The quantitative estimate of drug-likeness (QED) is 0.642. The van der Waals surface area contributed by atoms with Crippen molar-refractivity contribution in [2.45, 2.75) is 37.6 Å². The summed E-state index contributed by atoms with van der Waals surface area (Å²) < 4.78 is 25.5. The molecule has 0 spiro atoms. The van der Waals surface area contributed by atoms with E-state index in [1.54, 1.807) is 4.68 Å². The lowest BCUT2D eigenvalue weighted by atomic mass is 10.2. The number of imidazole rings is 1. The van der Waals surface area contributed by atoms with E-state index in [9.17, 15) is 13.2 Å². The van der Waals surface area contributed by atoms with Gasteiger partial charge in [0.1, 0.15) is 11.5 Å². The van der Waals surface area contributed by atoms with Crippen LogP contribution in [0, 0.1) is 0 Å². The van der Waals surface area contributed by atoms with Crippen molar-refractivity contribution >= 4 is 26.8 Å². The topological polar surface area (TPSA) is 110 Å². The normalized spacial score (nSPS) is 20.9. The predicted octanol–water partition coefficient (Wildman–Crippen LogP) is 1.97. The van der Waals surface area contributed by atoms with Gasteiger partial charge >= 0.3 is 0 Å². The number of aromatic amines is 1. The highest BCUT2D eigenvalue weighted by atomic mass is 32.2. The van der Waals surface area contributed by atoms with E-state index < -0.39 is 9.84 Å². The van der Waals surface area contributed by atoms with Gasteiger partial charge in [-0.15, -0.1) is 0 Å². The Bertz CT molecular complexity index is 1140. The van der Waals surface area contributed by atoms with Crippen molar-refractivity contribution in [3.63, 3.8) is 0 Å². The number of benzene rings is 1. The Balaban J connectivity index is 1.26. The van der Waals surface area contributed by atoms with Crippen LogP contribution in [0.2, 0.25) is 0 Å². The molecule has 152 valence electrons. The Morgan fingerprint density at radius 1 is 1.24 bits per heavy atom. The Morgan fingerprint density at radius 3 is 2.79 bits per heavy atom. The van der Waals surface area contributed by atoms with Crippen LogP contribution < -0.4 is 5.32 Å². The summed E-state index contributed by atoms with van der Waals surface area (Å²) in [5.74, 6) is 1.29. The fourth-order valence-corrected chi connectivity index (χ4v) is 5.67. The van der Waals surface area contributed by atoms with Crippen molar-refractivity contribution in [3.8, 4) is 0 Å². The largest absolute Gasteiger partial charge is 0.350 e. The number of aromatic nitrogens is 4. The van der Waals surface area contributed by atoms with Gasteiger partial charge < -0.3 is 10.3 Å². The van der Waals surface area contributed by atoms with Gasteiger partial charge in [-0.2, -0.15) is 5.10 Å². The monoisotopic (exact) mass is 413 g/mol. The van der Waals surface area contributed by atoms with E-state index in [0.29, 0.717) is 31.0 Å². The summed E-state index contributed by atoms with van der Waals surface area (Å²) in [6.07, 6.45) is 3.30. The van der Waals surface area contributed by atoms with Crippen LogP contribution in [0.1, 0.15) is 53.2 Å². The van der Waals surface area contributed by atoms with E-state index in [-0.39, 0.29) is 23.5 Å². The number of nitrogens with one attached hydrogen (secondary N) is 2. The molecule has 2 fully saturated rings. The maximum absolute atomic E-state index is 12.6. The number of fused-ring (bicyclic) bond motifs is 1. The summed E-state index contributed by atoms with van der Waals surface area (Å²) in [6, 6.07) is 9.49. The summed E-state index contributed by atoms with van der Waals surface area (Å²) in [6.45, 7) is 0.447. The zero-order valence-corrected chi connectivity index (χ0v) is 16.8. The number of nitrogens with zero attached hydrogens (tertiary/aromatic N) is 3. The van der Waals surface area contributed by atoms with Crippen molar-refractivity contribution in [1.29, 1.82) is 0 Å². The second-order valence-electron chi connectivity index (χ2n) is 7.94. The van der Waals surface area contributed by atoms with Gasteiger partial charge in [0.15, 0.2) is 9.84 Å². The molecular formula is C20H23N5O3S. The maximum Gasteiger partial charge on any atom is 0.271 e. The van der Waals surface area contributed by atoms with Crippen LogP contribution in [0.15, 0.2) is 30.3 Å². The highest BCUT2D eigenvalue weighted by Crippen LogP contribution is 2.42. The molecule has 3 aromatic rings. The lowest BCUT2D eigenvalue weighted by molar-refractivity contribution is 0.0948. The number of sulfone groups is 1. The standard InChI is InChI=1S/C20H23N5O3S/c26-20(21-9-7-19-22-15-3-1-2-4-16(15)23-19)17-11-18(13-5-6-13)25(24-17)14-8-10-29(27,28)12-14/h1-4,11,13-14H,5-10,12H2,(H,21,26)(H,22,23)/t14-/m1/s1. The Morgan fingerprint density at radius 2 is 2.07 bits per heavy atom. The first kappa shape index (κ1) is 18.4. The van der Waals surface area contributed by atoms with Crippen LogP contribution in [0.25, 0.3) is 11.0 Å². The lowest BCUT2D eigenvalue weighted by Crippen LogP contribution is -2.26. The molecule has 3 heterocycles. The zero-order chi connectivity index (χ0) is 20.0. The molecule has 1 saturated heterocycles. The second-order valence-corrected chi connectivity index (χ2v) is 10.2. The minimum atomic E-state index is -3.00. The molecule has 0 unspecified atom stereocenters. The molecule has 1 aliphatic carbocycles. The van der Waals surface area contributed by atoms with E-state index in [2.05, 4.69) is 20.4 Å². The number of hydrogen-bond acceptors (Lipinski definition) is 5. The van der Waals surface area contributed by atoms with E-state index in [4.69, 9.17) is 0 Å². The highest BCUT2D eigenvalue weighted by molar-refractivity contribution is 7.91. The number of carbonyl (C=O) groups is 1. The van der Waals surface area contributed by atoms with Crippen molar-refractivity contribution < 1.29 is 13.2 Å². The number of amides is 1. The molecule has 9 heteroatoms. The van der Waals surface area contributed by atoms with Crippen LogP contribution in [-0.4, -0.2) is 52.1 Å². The Kier molecular flexibility index (Phi) is 4.42. The molecular weight excluding hydrogens is 390 g/mol. The molecule has 1 saturated carbocycles. The number of rotatable bonds is 6. The third-order valence-electron chi connectivity index (χ3n) is 5.63. The highest BCUT2D eigenvalue weighted by Gasteiger charge is 2.36. The summed E-state index contributed by atoms with van der Waals surface area (Å²) in [5, 5.41) is 7.40. The van der Waals surface area contributed by atoms with Gasteiger partial charge in [0.2, 0.25) is 0 Å². The minimum absolute atomic E-state index is 0.113. The van der Waals surface area contributed by atoms with Crippen molar-refractivity contribution in [2.24, 2.45) is 0 Å². The van der Waals surface area contributed by atoms with Gasteiger partial charge in [-0.3, -0.25) is 9.48 Å². The van der Waals surface area contributed by atoms with E-state index >= 15 is 0 Å². The molecule has 1 atom stereocenters. The van der Waals surface area contributed by atoms with Crippen molar-refractivity contribution in [1.82, 2.24) is 25.1 Å². The third kappa shape index (κ3) is 3.78. The van der Waals surface area contributed by atoms with E-state index in [1.807, 2.05) is 30.3 Å². The summed E-state index contributed by atoms with van der Waals surface area (Å²) >= 11 is 0. The molecule has 0 bridgehead atoms. The first-order chi connectivity index (χ1) is 14.0. The van der Waals surface area contributed by atoms with Crippen molar-refractivity contribution in [2.75, 3.05) is 18.1 Å². The molecule has 2 N–H and O–H groups in total. The zero-order valence-electron chi connectivity index (χ0n) is 16.0. The van der Waals surface area contributed by atoms with Crippen LogP contribution >= 0.6 is 0 Å². The van der Waals surface area contributed by atoms with Gasteiger partial charge in [-0.1, -0.05) is 12.1 Å². The third-order valence-corrected chi connectivity index (χ3v) is 7.38. The lowest BCUT2D eigenvalue weighted by Gasteiger charge is -2.12. The van der Waals surface area contributed by atoms with Crippen LogP contribution in [0.3, 0.4) is 0 Å². The molecule has 1 amide bonds. The first-order valence-electron chi connectivity index (χ1n) is 10.0. The molecule has 5 rings (SSSR count). The summed E-state index contributed by atoms with van der Waals surface area (Å²) in [7, 11) is -3.00. The van der Waals surface area contributed by atoms with Gasteiger partial charge in [0.25, 0.3) is 5.91 Å². The average Bonchev–Trinajstić information content (AvgIpc) is 3.14. The first-order valence-corrected chi connectivity index (χ1v) is 11.8. The minimum Gasteiger partial charge on any atom is -0.350 e. The molecule has 0 radical (unpaired) electrons. The van der Waals surface area contributed by atoms with Gasteiger partial charge in [0, 0.05) is 24.6 Å². The SMILES string of the molecule is O=C(NCCc1nc2ccccc2[nH]1)c1cc(C2CC2)n([C@@H]2CCS(=O)(=O)C2)n1. The number of para-hydroxylation sites is 2. The maximum atomic E-state index is 12.6. The van der Waals surface area contributed by atoms with Gasteiger partial charge in [0.05, 0.1) is 28.6 Å². The molecule has 29 heavy (non-hydrogen) atoms. The summed E-state index contributed by atoms with van der Waals surface area (Å²) in [5.41, 5.74) is 3.25. The fourth-order valence-electron chi connectivity index (χ4n) is 3.97. The fraction of sp³-hybridized carbons (Fsp3) is 0.450. The van der Waals surface area contributed by atoms with Crippen LogP contribution in [-0.2, 0) is 16.3 Å². The smallest absolute Gasteiger partial charge is 0.271 e. The number of carbonyl (C=O) groups excluding carboxylic acids is 1. The molecule has 2 aliphatic rings. The second kappa shape index (κ2) is 6.98. The van der Waals surface area contributed by atoms with E-state index in [1.165, 1.54) is 0 Å². The predicted molar refractivity (Wildman–Crippen MR) is 109 cm³/mol. The Hall–Kier alpha value is -2.68. The molecule has 1 aromatic carbocycles. The van der Waals surface area contributed by atoms with Gasteiger partial charge in [-0.05, 0) is 37.5 Å². The van der Waals surface area contributed by atoms with E-state index in [0.717, 1.165) is 35.4 Å². The van der Waals surface area contributed by atoms with Gasteiger partial charge in [-0.25, -0.2) is 13.4 Å². The average molecular weight is 414 g/mol. The Labute approximate surface area is 168 Å². The van der Waals surface area contributed by atoms with Crippen LogP contribution in [0.4, 0.5) is 0 Å². The van der Waals surface area contributed by atoms with Crippen LogP contribution in [0.5, 0.6) is 0 Å². The number of hydrogen-bond donors (Lipinski definition) is 2. The number of H-pyrrole nitrogens is 1.